The fourth-order valence-electron chi connectivity index (χ4n) is 0.404. The van der Waals surface area contributed by atoms with Crippen LogP contribution in [-0.2, 0) is 4.79 Å². The third-order valence-corrected chi connectivity index (χ3v) is 0.762. The number of ketones is 1. The second-order valence-corrected chi connectivity index (χ2v) is 1.56. The highest BCUT2D eigenvalue weighted by Gasteiger charge is 1.95. The molecule has 0 fully saturated rings. The van der Waals surface area contributed by atoms with Crippen LogP contribution in [0.3, 0.4) is 0 Å². The third kappa shape index (κ3) is 4.96. The maximum atomic E-state index is 10.6. The summed E-state index contributed by atoms with van der Waals surface area (Å²) in [5.74, 6) is 0.0740. The number of likely N-dealkylation sites (N-methyl/N-ethyl adjacent to an activating group) is 1. The molecule has 0 radical (unpaired) electrons. The predicted octanol–water partition coefficient (Wildman–Crippen LogP) is -1.02. The van der Waals surface area contributed by atoms with Crippen LogP contribution >= 0.6 is 0 Å². The zero-order valence-corrected chi connectivity index (χ0v) is 5.48. The molecule has 0 aliphatic heterocycles. The molecule has 2 N–H and O–H groups in total. The number of hydrogen-bond donors (Lipinski definition) is 2. The molecule has 0 spiro atoms. The zero-order chi connectivity index (χ0) is 7.11. The zero-order valence-electron chi connectivity index (χ0n) is 5.48. The molecule has 4 heteroatoms. The van der Waals surface area contributed by atoms with E-state index in [-0.39, 0.29) is 12.3 Å². The Kier molecular flexibility index (Phi) is 4.72. The van der Waals surface area contributed by atoms with Gasteiger partial charge in [-0.3, -0.25) is 4.79 Å². The van der Waals surface area contributed by atoms with Crippen LogP contribution in [0.25, 0.3) is 0 Å². The van der Waals surface area contributed by atoms with Gasteiger partial charge in [0.1, 0.15) is 0 Å². The average molecular weight is 129 g/mol. The van der Waals surface area contributed by atoms with Gasteiger partial charge in [0, 0.05) is 6.72 Å². The first-order chi connectivity index (χ1) is 4.31. The minimum Gasteiger partial charge on any atom is -0.313 e. The van der Waals surface area contributed by atoms with Gasteiger partial charge in [-0.25, -0.2) is 0 Å². The molecular formula is C5H11N3O. The number of hydrogen-bond acceptors (Lipinski definition) is 4. The summed E-state index contributed by atoms with van der Waals surface area (Å²) in [6.07, 6.45) is 0. The van der Waals surface area contributed by atoms with E-state index in [0.29, 0.717) is 6.54 Å². The van der Waals surface area contributed by atoms with Crippen LogP contribution in [0.5, 0.6) is 0 Å². The molecule has 0 unspecified atom stereocenters. The number of nitrogens with one attached hydrogen (secondary N) is 2. The van der Waals surface area contributed by atoms with Crippen LogP contribution in [0.4, 0.5) is 0 Å². The summed E-state index contributed by atoms with van der Waals surface area (Å²) < 4.78 is 0. The van der Waals surface area contributed by atoms with Gasteiger partial charge >= 0.3 is 0 Å². The Balaban J connectivity index is 3.16. The largest absolute Gasteiger partial charge is 0.313 e. The van der Waals surface area contributed by atoms with E-state index in [2.05, 4.69) is 22.6 Å². The monoisotopic (exact) mass is 129 g/mol. The molecule has 52 valence electrons. The van der Waals surface area contributed by atoms with E-state index < -0.39 is 0 Å². The molecule has 0 aliphatic rings. The summed E-state index contributed by atoms with van der Waals surface area (Å²) in [5, 5.41) is 6.03. The van der Waals surface area contributed by atoms with Crippen LogP contribution in [0.1, 0.15) is 0 Å². The minimum atomic E-state index is 0.0740. The number of carbonyl (C=O) groups excluding carboxylic acids is 1. The van der Waals surface area contributed by atoms with Crippen LogP contribution in [-0.4, -0.2) is 32.6 Å². The Hall–Kier alpha value is -0.900. The van der Waals surface area contributed by atoms with E-state index in [1.54, 1.807) is 7.05 Å². The van der Waals surface area contributed by atoms with Gasteiger partial charge in [-0.2, -0.15) is 5.10 Å². The van der Waals surface area contributed by atoms with Crippen molar-refractivity contribution in [1.82, 2.24) is 10.7 Å². The van der Waals surface area contributed by atoms with E-state index >= 15 is 0 Å². The van der Waals surface area contributed by atoms with Crippen molar-refractivity contribution in [3.05, 3.63) is 0 Å². The fourth-order valence-corrected chi connectivity index (χ4v) is 0.404. The highest BCUT2D eigenvalue weighted by Crippen LogP contribution is 1.64. The maximum Gasteiger partial charge on any atom is 0.167 e. The summed E-state index contributed by atoms with van der Waals surface area (Å²) in [6.45, 7) is 3.79. The Morgan fingerprint density at radius 2 is 2.33 bits per heavy atom. The number of nitrogens with zero attached hydrogens (tertiary/aromatic N) is 1. The van der Waals surface area contributed by atoms with Crippen molar-refractivity contribution in [2.45, 2.75) is 0 Å². The van der Waals surface area contributed by atoms with Crippen molar-refractivity contribution < 1.29 is 4.79 Å². The van der Waals surface area contributed by atoms with Gasteiger partial charge < -0.3 is 10.7 Å². The first kappa shape index (κ1) is 8.10. The lowest BCUT2D eigenvalue weighted by molar-refractivity contribution is -0.117. The lowest BCUT2D eigenvalue weighted by Crippen LogP contribution is -2.27. The molecule has 0 aromatic heterocycles. The van der Waals surface area contributed by atoms with Crippen LogP contribution in [0.2, 0.25) is 0 Å². The fraction of sp³-hybridized carbons (Fsp3) is 0.600. The maximum absolute atomic E-state index is 10.6. The molecule has 0 saturated heterocycles. The molecule has 0 heterocycles. The van der Waals surface area contributed by atoms with Crippen molar-refractivity contribution in [3.8, 4) is 0 Å². The Bertz CT molecular complexity index is 102. The lowest BCUT2D eigenvalue weighted by Gasteiger charge is -1.96. The Labute approximate surface area is 54.3 Å². The van der Waals surface area contributed by atoms with Crippen LogP contribution in [0.15, 0.2) is 5.10 Å². The average Bonchev–Trinajstić information content (AvgIpc) is 1.85. The van der Waals surface area contributed by atoms with E-state index in [4.69, 9.17) is 0 Å². The molecule has 0 aromatic carbocycles. The topological polar surface area (TPSA) is 53.5 Å². The van der Waals surface area contributed by atoms with Crippen molar-refractivity contribution in [2.75, 3.05) is 20.1 Å². The molecule has 0 rings (SSSR count). The van der Waals surface area contributed by atoms with Crippen LogP contribution < -0.4 is 10.7 Å². The number of Topliss-reactive ketones (excluding diaryl/α,β-unsaturated/α-hetero) is 1. The van der Waals surface area contributed by atoms with Gasteiger partial charge in [-0.05, 0) is 7.05 Å². The van der Waals surface area contributed by atoms with Crippen molar-refractivity contribution in [1.29, 1.82) is 0 Å². The van der Waals surface area contributed by atoms with Gasteiger partial charge in [0.2, 0.25) is 0 Å². The van der Waals surface area contributed by atoms with Gasteiger partial charge in [0.05, 0.1) is 13.1 Å². The highest BCUT2D eigenvalue weighted by atomic mass is 16.1. The molecule has 0 saturated carbocycles. The molecule has 0 atom stereocenters. The Morgan fingerprint density at radius 3 is 2.78 bits per heavy atom. The SMILES string of the molecule is C=NNCC(=O)CNC. The van der Waals surface area contributed by atoms with Gasteiger partial charge in [-0.1, -0.05) is 0 Å². The first-order valence-electron chi connectivity index (χ1n) is 2.66. The summed E-state index contributed by atoms with van der Waals surface area (Å²) in [6, 6.07) is 0. The predicted molar refractivity (Wildman–Crippen MR) is 36.5 cm³/mol. The molecule has 0 aliphatic carbocycles. The van der Waals surface area contributed by atoms with E-state index in [1.165, 1.54) is 0 Å². The first-order valence-corrected chi connectivity index (χ1v) is 2.66. The molecule has 0 amide bonds. The summed E-state index contributed by atoms with van der Waals surface area (Å²) in [5.41, 5.74) is 2.46. The molecular weight excluding hydrogens is 118 g/mol. The number of carbonyl (C=O) groups is 1. The second-order valence-electron chi connectivity index (χ2n) is 1.56. The molecule has 9 heavy (non-hydrogen) atoms. The van der Waals surface area contributed by atoms with E-state index in [1.807, 2.05) is 0 Å². The molecule has 0 bridgehead atoms. The summed E-state index contributed by atoms with van der Waals surface area (Å²) in [7, 11) is 1.72. The second kappa shape index (κ2) is 5.24. The number of rotatable bonds is 5. The van der Waals surface area contributed by atoms with E-state index in [9.17, 15) is 4.79 Å². The third-order valence-electron chi connectivity index (χ3n) is 0.762. The lowest BCUT2D eigenvalue weighted by atomic mass is 10.4. The summed E-state index contributed by atoms with van der Waals surface area (Å²) in [4.78, 5) is 10.6. The molecule has 0 aromatic rings. The van der Waals surface area contributed by atoms with Gasteiger partial charge in [0.25, 0.3) is 0 Å². The highest BCUT2D eigenvalue weighted by molar-refractivity contribution is 5.82. The standard InChI is InChI=1S/C5H11N3O/c1-6-3-5(9)4-8-7-2/h6,8H,2-4H2,1H3. The number of hydrazone groups is 1. The Morgan fingerprint density at radius 1 is 1.67 bits per heavy atom. The van der Waals surface area contributed by atoms with Crippen molar-refractivity contribution in [3.63, 3.8) is 0 Å². The molecule has 4 nitrogen and oxygen atoms in total. The minimum absolute atomic E-state index is 0.0740. The smallest absolute Gasteiger partial charge is 0.167 e. The van der Waals surface area contributed by atoms with Gasteiger partial charge in [0.15, 0.2) is 5.78 Å². The normalized spacial score (nSPS) is 8.56. The van der Waals surface area contributed by atoms with Crippen LogP contribution in [0, 0.1) is 0 Å². The quantitative estimate of drug-likeness (QED) is 0.369. The van der Waals surface area contributed by atoms with Gasteiger partial charge in [-0.15, -0.1) is 0 Å². The van der Waals surface area contributed by atoms with Crippen molar-refractivity contribution in [2.24, 2.45) is 5.10 Å². The van der Waals surface area contributed by atoms with E-state index in [0.717, 1.165) is 0 Å². The summed E-state index contributed by atoms with van der Waals surface area (Å²) >= 11 is 0. The van der Waals surface area contributed by atoms with Crippen molar-refractivity contribution >= 4 is 12.5 Å².